The maximum absolute atomic E-state index is 5.99. The van der Waals surface area contributed by atoms with Crippen molar-refractivity contribution in [2.45, 2.75) is 6.42 Å². The largest absolute Gasteiger partial charge is 0.497 e. The van der Waals surface area contributed by atoms with Crippen LogP contribution in [0.2, 0.25) is 5.02 Å². The molecule has 0 radical (unpaired) electrons. The van der Waals surface area contributed by atoms with Crippen molar-refractivity contribution in [1.82, 2.24) is 15.1 Å². The lowest BCUT2D eigenvalue weighted by atomic mass is 10.1. The zero-order chi connectivity index (χ0) is 20.2. The van der Waals surface area contributed by atoms with E-state index in [0.717, 1.165) is 34.4 Å². The summed E-state index contributed by atoms with van der Waals surface area (Å²) in [6.07, 6.45) is 2.19. The van der Waals surface area contributed by atoms with E-state index in [1.807, 2.05) is 42.5 Å². The molecule has 0 fully saturated rings. The van der Waals surface area contributed by atoms with Crippen molar-refractivity contribution in [1.29, 1.82) is 0 Å². The van der Waals surface area contributed by atoms with Gasteiger partial charge < -0.3 is 19.3 Å². The molecular weight excluding hydrogens is 392 g/mol. The SMILES string of the molecule is COc1ccc(CCNc2ncnc3onc(-c4ccc(Cl)cc4)c23)c(OC)c1. The van der Waals surface area contributed by atoms with Crippen LogP contribution in [0.15, 0.2) is 53.3 Å². The molecule has 29 heavy (non-hydrogen) atoms. The second-order valence-electron chi connectivity index (χ2n) is 6.30. The number of hydrogen-bond donors (Lipinski definition) is 1. The summed E-state index contributed by atoms with van der Waals surface area (Å²) in [6.45, 7) is 0.639. The van der Waals surface area contributed by atoms with E-state index in [9.17, 15) is 0 Å². The summed E-state index contributed by atoms with van der Waals surface area (Å²) in [4.78, 5) is 8.56. The van der Waals surface area contributed by atoms with Crippen LogP contribution in [-0.2, 0) is 6.42 Å². The van der Waals surface area contributed by atoms with Gasteiger partial charge >= 0.3 is 0 Å². The lowest BCUT2D eigenvalue weighted by Gasteiger charge is -2.11. The first-order valence-electron chi connectivity index (χ1n) is 9.00. The summed E-state index contributed by atoms with van der Waals surface area (Å²) in [6, 6.07) is 13.2. The van der Waals surface area contributed by atoms with E-state index in [-0.39, 0.29) is 0 Å². The van der Waals surface area contributed by atoms with Crippen molar-refractivity contribution in [2.75, 3.05) is 26.1 Å². The van der Waals surface area contributed by atoms with Crippen molar-refractivity contribution < 1.29 is 14.0 Å². The molecule has 0 spiro atoms. The summed E-state index contributed by atoms with van der Waals surface area (Å²) < 4.78 is 16.1. The third-order valence-electron chi connectivity index (χ3n) is 4.57. The molecule has 148 valence electrons. The summed E-state index contributed by atoms with van der Waals surface area (Å²) in [5.74, 6) is 2.20. The molecule has 0 unspecified atom stereocenters. The maximum atomic E-state index is 5.99. The first kappa shape index (κ1) is 19.0. The Kier molecular flexibility index (Phi) is 5.48. The minimum absolute atomic E-state index is 0.425. The van der Waals surface area contributed by atoms with Gasteiger partial charge in [0.1, 0.15) is 34.7 Å². The van der Waals surface area contributed by atoms with Gasteiger partial charge in [-0.05, 0) is 30.2 Å². The van der Waals surface area contributed by atoms with Gasteiger partial charge in [-0.25, -0.2) is 4.98 Å². The van der Waals surface area contributed by atoms with Crippen molar-refractivity contribution in [3.63, 3.8) is 0 Å². The van der Waals surface area contributed by atoms with Crippen LogP contribution in [0.25, 0.3) is 22.4 Å². The quantitative estimate of drug-likeness (QED) is 0.476. The molecule has 0 amide bonds. The summed E-state index contributed by atoms with van der Waals surface area (Å²) in [5, 5.41) is 8.92. The fourth-order valence-corrected chi connectivity index (χ4v) is 3.23. The molecule has 8 heteroatoms. The average molecular weight is 411 g/mol. The monoisotopic (exact) mass is 410 g/mol. The second kappa shape index (κ2) is 8.36. The number of methoxy groups -OCH3 is 2. The van der Waals surface area contributed by atoms with Crippen LogP contribution in [0.1, 0.15) is 5.56 Å². The third kappa shape index (κ3) is 3.95. The summed E-state index contributed by atoms with van der Waals surface area (Å²) in [7, 11) is 3.28. The molecule has 0 aliphatic heterocycles. The Labute approximate surface area is 172 Å². The van der Waals surface area contributed by atoms with Crippen LogP contribution in [0.3, 0.4) is 0 Å². The van der Waals surface area contributed by atoms with Crippen molar-refractivity contribution >= 4 is 28.5 Å². The standard InChI is InChI=1S/C21H19ClN4O3/c1-27-16-8-5-13(17(11-16)28-2)9-10-23-20-18-19(14-3-6-15(22)7-4-14)26-29-21(18)25-12-24-20/h3-8,11-12H,9-10H2,1-2H3,(H,23,24,25). The second-order valence-corrected chi connectivity index (χ2v) is 6.73. The van der Waals surface area contributed by atoms with Crippen molar-refractivity contribution in [2.24, 2.45) is 0 Å². The Morgan fingerprint density at radius 3 is 2.62 bits per heavy atom. The molecule has 2 aromatic heterocycles. The number of anilines is 1. The Bertz CT molecular complexity index is 1130. The van der Waals surface area contributed by atoms with Crippen LogP contribution in [0.4, 0.5) is 5.82 Å². The summed E-state index contributed by atoms with van der Waals surface area (Å²) in [5.41, 5.74) is 3.04. The smallest absolute Gasteiger partial charge is 0.263 e. The Hall–Kier alpha value is -3.32. The normalized spacial score (nSPS) is 10.9. The third-order valence-corrected chi connectivity index (χ3v) is 4.82. The molecular formula is C21H19ClN4O3. The Morgan fingerprint density at radius 1 is 1.03 bits per heavy atom. The van der Waals surface area contributed by atoms with Gasteiger partial charge in [-0.15, -0.1) is 0 Å². The minimum atomic E-state index is 0.425. The van der Waals surface area contributed by atoms with Crippen molar-refractivity contribution in [3.8, 4) is 22.8 Å². The van der Waals surface area contributed by atoms with Crippen LogP contribution < -0.4 is 14.8 Å². The lowest BCUT2D eigenvalue weighted by molar-refractivity contribution is 0.391. The van der Waals surface area contributed by atoms with E-state index < -0.39 is 0 Å². The molecule has 4 rings (SSSR count). The number of benzene rings is 2. The van der Waals surface area contributed by atoms with Gasteiger partial charge in [-0.1, -0.05) is 35.0 Å². The highest BCUT2D eigenvalue weighted by Gasteiger charge is 2.16. The highest BCUT2D eigenvalue weighted by molar-refractivity contribution is 6.30. The van der Waals surface area contributed by atoms with Crippen LogP contribution in [0.5, 0.6) is 11.5 Å². The average Bonchev–Trinajstić information content (AvgIpc) is 3.19. The topological polar surface area (TPSA) is 82.3 Å². The van der Waals surface area contributed by atoms with Gasteiger partial charge in [-0.2, -0.15) is 4.98 Å². The van der Waals surface area contributed by atoms with Crippen molar-refractivity contribution in [3.05, 3.63) is 59.4 Å². The van der Waals surface area contributed by atoms with E-state index in [2.05, 4.69) is 20.4 Å². The minimum Gasteiger partial charge on any atom is -0.497 e. The molecule has 2 aromatic carbocycles. The van der Waals surface area contributed by atoms with E-state index in [1.54, 1.807) is 14.2 Å². The fraction of sp³-hybridized carbons (Fsp3) is 0.190. The Morgan fingerprint density at radius 2 is 1.86 bits per heavy atom. The van der Waals surface area contributed by atoms with Gasteiger partial charge in [0, 0.05) is 23.2 Å². The highest BCUT2D eigenvalue weighted by Crippen LogP contribution is 2.32. The number of halogens is 1. The van der Waals surface area contributed by atoms with Gasteiger partial charge in [-0.3, -0.25) is 0 Å². The highest BCUT2D eigenvalue weighted by atomic mass is 35.5. The maximum Gasteiger partial charge on any atom is 0.263 e. The molecule has 0 saturated heterocycles. The predicted molar refractivity (Wildman–Crippen MR) is 112 cm³/mol. The van der Waals surface area contributed by atoms with E-state index in [0.29, 0.717) is 28.8 Å². The first-order chi connectivity index (χ1) is 14.2. The number of ether oxygens (including phenoxy) is 2. The molecule has 0 aliphatic rings. The molecule has 4 aromatic rings. The predicted octanol–water partition coefficient (Wildman–Crippen LogP) is 4.61. The lowest BCUT2D eigenvalue weighted by Crippen LogP contribution is -2.08. The number of rotatable bonds is 7. The van der Waals surface area contributed by atoms with Crippen LogP contribution in [-0.4, -0.2) is 35.9 Å². The van der Waals surface area contributed by atoms with Gasteiger partial charge in [0.05, 0.1) is 14.2 Å². The van der Waals surface area contributed by atoms with Gasteiger partial charge in [0.25, 0.3) is 5.71 Å². The first-order valence-corrected chi connectivity index (χ1v) is 9.38. The zero-order valence-corrected chi connectivity index (χ0v) is 16.7. The molecule has 0 atom stereocenters. The zero-order valence-electron chi connectivity index (χ0n) is 16.0. The van der Waals surface area contributed by atoms with E-state index in [1.165, 1.54) is 6.33 Å². The number of nitrogens with zero attached hydrogens (tertiary/aromatic N) is 3. The molecule has 7 nitrogen and oxygen atoms in total. The molecule has 0 aliphatic carbocycles. The molecule has 0 saturated carbocycles. The number of fused-ring (bicyclic) bond motifs is 1. The summed E-state index contributed by atoms with van der Waals surface area (Å²) >= 11 is 5.99. The number of nitrogens with one attached hydrogen (secondary N) is 1. The molecule has 1 N–H and O–H groups in total. The molecule has 0 bridgehead atoms. The van der Waals surface area contributed by atoms with Crippen LogP contribution in [0, 0.1) is 0 Å². The Balaban J connectivity index is 1.57. The van der Waals surface area contributed by atoms with Gasteiger partial charge in [0.2, 0.25) is 0 Å². The number of aromatic nitrogens is 3. The van der Waals surface area contributed by atoms with E-state index >= 15 is 0 Å². The number of hydrogen-bond acceptors (Lipinski definition) is 7. The molecule has 2 heterocycles. The van der Waals surface area contributed by atoms with E-state index in [4.69, 9.17) is 25.6 Å². The fourth-order valence-electron chi connectivity index (χ4n) is 3.10. The van der Waals surface area contributed by atoms with Gasteiger partial charge in [0.15, 0.2) is 0 Å². The van der Waals surface area contributed by atoms with Crippen LogP contribution >= 0.6 is 11.6 Å².